The molecule has 0 heterocycles. The third-order valence-electron chi connectivity index (χ3n) is 3.87. The van der Waals surface area contributed by atoms with Gasteiger partial charge in [0.05, 0.1) is 5.25 Å². The molecule has 0 aromatic rings. The molecule has 2 fully saturated rings. The summed E-state index contributed by atoms with van der Waals surface area (Å²) in [6, 6.07) is 0. The van der Waals surface area contributed by atoms with E-state index in [1.165, 1.54) is 19.3 Å². The summed E-state index contributed by atoms with van der Waals surface area (Å²) in [4.78, 5) is 0. The summed E-state index contributed by atoms with van der Waals surface area (Å²) in [5.41, 5.74) is 0.529. The lowest BCUT2D eigenvalue weighted by atomic mass is 9.61. The molecule has 2 aliphatic rings. The second-order valence-corrected chi connectivity index (χ2v) is 6.49. The monoisotopic (exact) mass is 203 g/mol. The predicted molar refractivity (Wildman–Crippen MR) is 51.6 cm³/mol. The van der Waals surface area contributed by atoms with Crippen molar-refractivity contribution in [3.05, 3.63) is 0 Å². The zero-order chi connectivity index (χ0) is 9.53. The van der Waals surface area contributed by atoms with Crippen molar-refractivity contribution in [3.63, 3.8) is 0 Å². The largest absolute Gasteiger partial charge is 0.228 e. The van der Waals surface area contributed by atoms with Crippen molar-refractivity contribution in [1.82, 2.24) is 0 Å². The lowest BCUT2D eigenvalue weighted by Crippen LogP contribution is -2.39. The van der Waals surface area contributed by atoms with E-state index in [-0.39, 0.29) is 5.25 Å². The minimum atomic E-state index is -3.26. The van der Waals surface area contributed by atoms with E-state index in [0.717, 1.165) is 25.7 Å². The van der Waals surface area contributed by atoms with Gasteiger partial charge in [-0.25, -0.2) is 13.6 Å². The summed E-state index contributed by atoms with van der Waals surface area (Å²) in [5, 5.41) is 4.88. The van der Waals surface area contributed by atoms with Gasteiger partial charge < -0.3 is 0 Å². The van der Waals surface area contributed by atoms with Crippen LogP contribution < -0.4 is 5.14 Å². The molecule has 3 nitrogen and oxygen atoms in total. The number of hydrogen-bond donors (Lipinski definition) is 1. The molecule has 76 valence electrons. The van der Waals surface area contributed by atoms with Gasteiger partial charge in [0, 0.05) is 0 Å². The highest BCUT2D eigenvalue weighted by Crippen LogP contribution is 2.52. The molecular formula is C9H17NO2S. The van der Waals surface area contributed by atoms with Gasteiger partial charge in [-0.1, -0.05) is 6.42 Å². The van der Waals surface area contributed by atoms with Crippen LogP contribution in [0.4, 0.5) is 0 Å². The Morgan fingerprint density at radius 2 is 1.62 bits per heavy atom. The smallest absolute Gasteiger partial charge is 0.211 e. The van der Waals surface area contributed by atoms with Crippen LogP contribution in [0, 0.1) is 5.41 Å². The molecule has 0 saturated heterocycles. The molecule has 0 aliphatic heterocycles. The molecule has 0 unspecified atom stereocenters. The van der Waals surface area contributed by atoms with E-state index < -0.39 is 10.0 Å². The zero-order valence-corrected chi connectivity index (χ0v) is 8.65. The van der Waals surface area contributed by atoms with Crippen LogP contribution in [0.1, 0.15) is 44.9 Å². The Labute approximate surface area is 79.7 Å². The third-order valence-corrected chi connectivity index (χ3v) is 5.27. The van der Waals surface area contributed by atoms with E-state index in [1.54, 1.807) is 0 Å². The van der Waals surface area contributed by atoms with Gasteiger partial charge in [0.1, 0.15) is 0 Å². The highest BCUT2D eigenvalue weighted by molar-refractivity contribution is 7.89. The van der Waals surface area contributed by atoms with Crippen molar-refractivity contribution in [2.45, 2.75) is 50.2 Å². The second kappa shape index (κ2) is 2.95. The number of nitrogens with two attached hydrogens (primary N) is 1. The van der Waals surface area contributed by atoms with Gasteiger partial charge in [-0.3, -0.25) is 0 Å². The van der Waals surface area contributed by atoms with Crippen LogP contribution in [0.25, 0.3) is 0 Å². The van der Waals surface area contributed by atoms with E-state index in [2.05, 4.69) is 0 Å². The van der Waals surface area contributed by atoms with Crippen molar-refractivity contribution in [2.24, 2.45) is 10.6 Å². The Bertz CT molecular complexity index is 283. The van der Waals surface area contributed by atoms with E-state index in [0.29, 0.717) is 5.41 Å². The van der Waals surface area contributed by atoms with Gasteiger partial charge in [-0.15, -0.1) is 0 Å². The predicted octanol–water partition coefficient (Wildman–Crippen LogP) is 1.39. The first-order valence-corrected chi connectivity index (χ1v) is 6.64. The molecule has 2 rings (SSSR count). The number of sulfonamides is 1. The average Bonchev–Trinajstić information content (AvgIpc) is 2.00. The van der Waals surface area contributed by atoms with E-state index >= 15 is 0 Å². The zero-order valence-electron chi connectivity index (χ0n) is 7.83. The molecule has 0 atom stereocenters. The molecule has 13 heavy (non-hydrogen) atoms. The summed E-state index contributed by atoms with van der Waals surface area (Å²) in [5.74, 6) is 0. The summed E-state index contributed by atoms with van der Waals surface area (Å²) in [7, 11) is -3.26. The summed E-state index contributed by atoms with van der Waals surface area (Å²) in [6.45, 7) is 0. The van der Waals surface area contributed by atoms with Crippen molar-refractivity contribution >= 4 is 10.0 Å². The van der Waals surface area contributed by atoms with Crippen LogP contribution >= 0.6 is 0 Å². The first-order valence-electron chi connectivity index (χ1n) is 5.04. The van der Waals surface area contributed by atoms with E-state index in [9.17, 15) is 8.42 Å². The molecule has 2 aliphatic carbocycles. The number of primary sulfonamides is 1. The number of rotatable bonds is 1. The van der Waals surface area contributed by atoms with Gasteiger partial charge in [0.25, 0.3) is 0 Å². The van der Waals surface area contributed by atoms with E-state index in [4.69, 9.17) is 5.14 Å². The summed E-state index contributed by atoms with van der Waals surface area (Å²) in [6.07, 6.45) is 7.69. The molecule has 0 radical (unpaired) electrons. The Hall–Kier alpha value is -0.0900. The minimum absolute atomic E-state index is 0.251. The topological polar surface area (TPSA) is 60.2 Å². The van der Waals surface area contributed by atoms with Gasteiger partial charge in [0.15, 0.2) is 0 Å². The van der Waals surface area contributed by atoms with Crippen molar-refractivity contribution < 1.29 is 8.42 Å². The molecule has 2 saturated carbocycles. The van der Waals surface area contributed by atoms with Crippen LogP contribution in [0.15, 0.2) is 0 Å². The maximum Gasteiger partial charge on any atom is 0.211 e. The van der Waals surface area contributed by atoms with Gasteiger partial charge in [0.2, 0.25) is 10.0 Å². The molecule has 2 N–H and O–H groups in total. The third kappa shape index (κ3) is 1.74. The lowest BCUT2D eigenvalue weighted by Gasteiger charge is -2.46. The first-order chi connectivity index (χ1) is 6.02. The average molecular weight is 203 g/mol. The van der Waals surface area contributed by atoms with Gasteiger partial charge >= 0.3 is 0 Å². The van der Waals surface area contributed by atoms with E-state index in [1.807, 2.05) is 0 Å². The molecule has 0 aromatic heterocycles. The van der Waals surface area contributed by atoms with Crippen LogP contribution in [0.5, 0.6) is 0 Å². The summed E-state index contributed by atoms with van der Waals surface area (Å²) >= 11 is 0. The Kier molecular flexibility index (Phi) is 2.15. The standard InChI is InChI=1S/C9H17NO2S/c10-13(11,12)8-2-6-9(7-3-8)4-1-5-9/h8H,1-7H2,(H2,10,11,12). The molecule has 0 amide bonds. The van der Waals surface area contributed by atoms with Crippen molar-refractivity contribution in [2.75, 3.05) is 0 Å². The van der Waals surface area contributed by atoms with Gasteiger partial charge in [-0.05, 0) is 43.9 Å². The highest BCUT2D eigenvalue weighted by Gasteiger charge is 2.42. The maximum absolute atomic E-state index is 11.1. The van der Waals surface area contributed by atoms with Crippen LogP contribution in [-0.2, 0) is 10.0 Å². The van der Waals surface area contributed by atoms with Crippen LogP contribution in [-0.4, -0.2) is 13.7 Å². The van der Waals surface area contributed by atoms with Gasteiger partial charge in [-0.2, -0.15) is 0 Å². The van der Waals surface area contributed by atoms with Crippen molar-refractivity contribution in [1.29, 1.82) is 0 Å². The fraction of sp³-hybridized carbons (Fsp3) is 1.00. The number of hydrogen-bond acceptors (Lipinski definition) is 2. The maximum atomic E-state index is 11.1. The van der Waals surface area contributed by atoms with Crippen LogP contribution in [0.3, 0.4) is 0 Å². The molecule has 0 bridgehead atoms. The van der Waals surface area contributed by atoms with Crippen molar-refractivity contribution in [3.8, 4) is 0 Å². The Morgan fingerprint density at radius 1 is 1.08 bits per heavy atom. The fourth-order valence-corrected chi connectivity index (χ4v) is 3.60. The highest BCUT2D eigenvalue weighted by atomic mass is 32.2. The molecule has 4 heteroatoms. The second-order valence-electron chi connectivity index (χ2n) is 4.64. The fourth-order valence-electron chi connectivity index (χ4n) is 2.71. The molecule has 1 spiro atoms. The normalized spacial score (nSPS) is 28.7. The first kappa shape index (κ1) is 9.46. The SMILES string of the molecule is NS(=O)(=O)C1CCC2(CCC2)CC1. The molecular weight excluding hydrogens is 186 g/mol. The lowest BCUT2D eigenvalue weighted by molar-refractivity contribution is 0.0787. The summed E-state index contributed by atoms with van der Waals surface area (Å²) < 4.78 is 22.2. The Balaban J connectivity index is 1.96. The van der Waals surface area contributed by atoms with Crippen LogP contribution in [0.2, 0.25) is 0 Å². The minimum Gasteiger partial charge on any atom is -0.228 e. The quantitative estimate of drug-likeness (QED) is 0.700. The Morgan fingerprint density at radius 3 is 1.92 bits per heavy atom. The molecule has 0 aromatic carbocycles.